The van der Waals surface area contributed by atoms with Crippen molar-refractivity contribution >= 4 is 17.6 Å². The number of para-hydroxylation sites is 1. The van der Waals surface area contributed by atoms with E-state index in [4.69, 9.17) is 9.47 Å². The number of hydrazone groups is 1. The predicted octanol–water partition coefficient (Wildman–Crippen LogP) is 2.56. The molecule has 142 valence electrons. The largest absolute Gasteiger partial charge is 0.496 e. The number of nitro benzene ring substituents is 1. The van der Waals surface area contributed by atoms with Crippen LogP contribution in [0.4, 0.5) is 11.4 Å². The van der Waals surface area contributed by atoms with E-state index in [-0.39, 0.29) is 10.6 Å². The van der Waals surface area contributed by atoms with Gasteiger partial charge in [-0.05, 0) is 12.1 Å². The van der Waals surface area contributed by atoms with Crippen molar-refractivity contribution in [3.63, 3.8) is 0 Å². The molecule has 1 aliphatic heterocycles. The summed E-state index contributed by atoms with van der Waals surface area (Å²) in [5.74, 6) is 0.783. The van der Waals surface area contributed by atoms with Crippen LogP contribution in [0.3, 0.4) is 0 Å². The van der Waals surface area contributed by atoms with Crippen molar-refractivity contribution in [2.24, 2.45) is 5.10 Å². The van der Waals surface area contributed by atoms with E-state index in [9.17, 15) is 10.1 Å². The molecule has 0 spiro atoms. The van der Waals surface area contributed by atoms with Crippen molar-refractivity contribution in [1.29, 1.82) is 0 Å². The maximum Gasteiger partial charge on any atom is 0.293 e. The monoisotopic (exact) mass is 370 g/mol. The quantitative estimate of drug-likeness (QED) is 0.458. The Labute approximate surface area is 157 Å². The number of nitro groups is 1. The van der Waals surface area contributed by atoms with Gasteiger partial charge in [0.2, 0.25) is 0 Å². The number of benzene rings is 2. The molecule has 1 fully saturated rings. The highest BCUT2D eigenvalue weighted by Crippen LogP contribution is 2.29. The van der Waals surface area contributed by atoms with Crippen LogP contribution < -0.4 is 15.1 Å². The zero-order valence-corrected chi connectivity index (χ0v) is 15.1. The summed E-state index contributed by atoms with van der Waals surface area (Å²) in [5, 5.41) is 15.6. The third kappa shape index (κ3) is 4.73. The maximum atomic E-state index is 11.5. The first-order valence-corrected chi connectivity index (χ1v) is 8.68. The molecule has 8 nitrogen and oxygen atoms in total. The first-order valence-electron chi connectivity index (χ1n) is 8.68. The Bertz CT molecular complexity index is 819. The van der Waals surface area contributed by atoms with Gasteiger partial charge in [0.15, 0.2) is 0 Å². The van der Waals surface area contributed by atoms with E-state index in [0.29, 0.717) is 44.1 Å². The Balaban J connectivity index is 1.68. The van der Waals surface area contributed by atoms with Crippen molar-refractivity contribution in [3.05, 3.63) is 63.7 Å². The van der Waals surface area contributed by atoms with Crippen LogP contribution in [0.2, 0.25) is 0 Å². The van der Waals surface area contributed by atoms with E-state index >= 15 is 0 Å². The first-order chi connectivity index (χ1) is 13.2. The van der Waals surface area contributed by atoms with E-state index in [0.717, 1.165) is 11.3 Å². The molecule has 27 heavy (non-hydrogen) atoms. The molecule has 1 N–H and O–H groups in total. The summed E-state index contributed by atoms with van der Waals surface area (Å²) in [6.45, 7) is 2.94. The van der Waals surface area contributed by atoms with Crippen LogP contribution in [-0.4, -0.2) is 44.6 Å². The number of hydrogen-bond acceptors (Lipinski definition) is 7. The van der Waals surface area contributed by atoms with Crippen LogP contribution in [0.1, 0.15) is 11.1 Å². The van der Waals surface area contributed by atoms with Crippen LogP contribution in [0.15, 0.2) is 47.6 Å². The molecule has 0 bridgehead atoms. The van der Waals surface area contributed by atoms with E-state index in [2.05, 4.69) is 10.5 Å². The zero-order valence-electron chi connectivity index (χ0n) is 15.1. The second kappa shape index (κ2) is 9.00. The van der Waals surface area contributed by atoms with Crippen molar-refractivity contribution in [2.45, 2.75) is 6.54 Å². The highest BCUT2D eigenvalue weighted by Gasteiger charge is 2.21. The molecule has 0 atom stereocenters. The summed E-state index contributed by atoms with van der Waals surface area (Å²) >= 11 is 0. The minimum Gasteiger partial charge on any atom is -0.496 e. The average Bonchev–Trinajstić information content (AvgIpc) is 2.72. The normalized spacial score (nSPS) is 14.3. The van der Waals surface area contributed by atoms with Crippen LogP contribution >= 0.6 is 0 Å². The SMILES string of the molecule is COc1ccccc1CN/N=C\c1ccc(N2CCOCC2)c([N+](=O)[O-])c1. The number of nitrogens with zero attached hydrogens (tertiary/aromatic N) is 3. The van der Waals surface area contributed by atoms with E-state index < -0.39 is 0 Å². The van der Waals surface area contributed by atoms with Gasteiger partial charge in [-0.2, -0.15) is 5.10 Å². The van der Waals surface area contributed by atoms with Crippen LogP contribution in [0.25, 0.3) is 0 Å². The number of ether oxygens (including phenoxy) is 2. The summed E-state index contributed by atoms with van der Waals surface area (Å²) in [7, 11) is 1.62. The van der Waals surface area contributed by atoms with Gasteiger partial charge in [0, 0.05) is 30.3 Å². The molecule has 8 heteroatoms. The van der Waals surface area contributed by atoms with Crippen molar-refractivity contribution < 1.29 is 14.4 Å². The molecule has 0 aromatic heterocycles. The molecule has 0 unspecified atom stereocenters. The fourth-order valence-corrected chi connectivity index (χ4v) is 2.94. The van der Waals surface area contributed by atoms with Gasteiger partial charge in [-0.15, -0.1) is 0 Å². The number of anilines is 1. The molecular weight excluding hydrogens is 348 g/mol. The molecule has 2 aromatic rings. The van der Waals surface area contributed by atoms with Gasteiger partial charge in [0.05, 0.1) is 38.0 Å². The van der Waals surface area contributed by atoms with Crippen molar-refractivity contribution in [3.8, 4) is 5.75 Å². The lowest BCUT2D eigenvalue weighted by molar-refractivity contribution is -0.384. The number of methoxy groups -OCH3 is 1. The Kier molecular flexibility index (Phi) is 6.22. The second-order valence-electron chi connectivity index (χ2n) is 6.01. The molecule has 0 saturated carbocycles. The lowest BCUT2D eigenvalue weighted by atomic mass is 10.1. The average molecular weight is 370 g/mol. The third-order valence-electron chi connectivity index (χ3n) is 4.31. The first kappa shape index (κ1) is 18.7. The molecule has 1 aliphatic rings. The summed E-state index contributed by atoms with van der Waals surface area (Å²) in [5.41, 5.74) is 5.27. The van der Waals surface area contributed by atoms with Gasteiger partial charge in [-0.25, -0.2) is 0 Å². The van der Waals surface area contributed by atoms with Crippen LogP contribution in [0.5, 0.6) is 5.75 Å². The zero-order chi connectivity index (χ0) is 19.1. The summed E-state index contributed by atoms with van der Waals surface area (Å²) < 4.78 is 10.6. The highest BCUT2D eigenvalue weighted by atomic mass is 16.6. The van der Waals surface area contributed by atoms with E-state index in [1.807, 2.05) is 35.2 Å². The van der Waals surface area contributed by atoms with Crippen molar-refractivity contribution in [2.75, 3.05) is 38.3 Å². The van der Waals surface area contributed by atoms with Crippen LogP contribution in [0, 0.1) is 10.1 Å². The minimum absolute atomic E-state index is 0.0746. The summed E-state index contributed by atoms with van der Waals surface area (Å²) in [4.78, 5) is 13.1. The lowest BCUT2D eigenvalue weighted by Crippen LogP contribution is -2.36. The second-order valence-corrected chi connectivity index (χ2v) is 6.01. The van der Waals surface area contributed by atoms with E-state index in [1.54, 1.807) is 25.5 Å². The topological polar surface area (TPSA) is 89.2 Å². The number of nitrogens with one attached hydrogen (secondary N) is 1. The predicted molar refractivity (Wildman–Crippen MR) is 104 cm³/mol. The van der Waals surface area contributed by atoms with Gasteiger partial charge in [0.25, 0.3) is 5.69 Å². The number of hydrogen-bond donors (Lipinski definition) is 1. The van der Waals surface area contributed by atoms with Gasteiger partial charge in [0.1, 0.15) is 11.4 Å². The Morgan fingerprint density at radius 2 is 2.07 bits per heavy atom. The van der Waals surface area contributed by atoms with Gasteiger partial charge < -0.3 is 19.8 Å². The van der Waals surface area contributed by atoms with Gasteiger partial charge in [-0.1, -0.05) is 24.3 Å². The molecule has 0 radical (unpaired) electrons. The highest BCUT2D eigenvalue weighted by molar-refractivity contribution is 5.83. The van der Waals surface area contributed by atoms with Gasteiger partial charge in [-0.3, -0.25) is 10.1 Å². The fraction of sp³-hybridized carbons (Fsp3) is 0.316. The minimum atomic E-state index is -0.357. The Morgan fingerprint density at radius 3 is 2.81 bits per heavy atom. The molecule has 1 saturated heterocycles. The van der Waals surface area contributed by atoms with Crippen molar-refractivity contribution in [1.82, 2.24) is 5.43 Å². The molecular formula is C19H22N4O4. The standard InChI is InChI=1S/C19H22N4O4/c1-26-19-5-3-2-4-16(19)14-21-20-13-15-6-7-17(18(12-15)23(24)25)22-8-10-27-11-9-22/h2-7,12-13,21H,8-11,14H2,1H3/b20-13-. The molecule has 1 heterocycles. The molecule has 2 aromatic carbocycles. The fourth-order valence-electron chi connectivity index (χ4n) is 2.94. The third-order valence-corrected chi connectivity index (χ3v) is 4.31. The summed E-state index contributed by atoms with van der Waals surface area (Å²) in [6, 6.07) is 12.8. The summed E-state index contributed by atoms with van der Waals surface area (Å²) in [6.07, 6.45) is 1.57. The number of morpholine rings is 1. The molecule has 3 rings (SSSR count). The lowest BCUT2D eigenvalue weighted by Gasteiger charge is -2.28. The maximum absolute atomic E-state index is 11.5. The molecule has 0 aliphatic carbocycles. The Hall–Kier alpha value is -3.13. The Morgan fingerprint density at radius 1 is 1.30 bits per heavy atom. The molecule has 0 amide bonds. The van der Waals surface area contributed by atoms with E-state index in [1.165, 1.54) is 0 Å². The smallest absolute Gasteiger partial charge is 0.293 e. The number of rotatable bonds is 7. The van der Waals surface area contributed by atoms with Gasteiger partial charge >= 0.3 is 0 Å². The van der Waals surface area contributed by atoms with Crippen LogP contribution in [-0.2, 0) is 11.3 Å².